The molecule has 1 N–H and O–H groups in total. The summed E-state index contributed by atoms with van der Waals surface area (Å²) >= 11 is 5.99. The van der Waals surface area contributed by atoms with Crippen LogP contribution in [0.5, 0.6) is 0 Å². The predicted octanol–water partition coefficient (Wildman–Crippen LogP) is 3.94. The van der Waals surface area contributed by atoms with Crippen molar-refractivity contribution in [3.63, 3.8) is 0 Å². The Labute approximate surface area is 146 Å². The van der Waals surface area contributed by atoms with Crippen LogP contribution in [0.2, 0.25) is 5.02 Å². The fourth-order valence-electron chi connectivity index (χ4n) is 2.46. The zero-order valence-electron chi connectivity index (χ0n) is 13.8. The van der Waals surface area contributed by atoms with Gasteiger partial charge < -0.3 is 5.32 Å². The average molecular weight is 346 g/mol. The van der Waals surface area contributed by atoms with Crippen molar-refractivity contribution in [2.24, 2.45) is 0 Å². The molecule has 0 fully saturated rings. The fraction of sp³-hybridized carbons (Fsp3) is 0.278. The molecule has 0 unspecified atom stereocenters. The normalized spacial score (nSPS) is 10.5. The molecule has 1 aromatic heterocycles. The molecular formula is C18H20ClN3O2. The van der Waals surface area contributed by atoms with E-state index in [-0.39, 0.29) is 24.7 Å². The Morgan fingerprint density at radius 3 is 2.67 bits per heavy atom. The van der Waals surface area contributed by atoms with Gasteiger partial charge in [-0.2, -0.15) is 5.10 Å². The molecule has 0 aliphatic carbocycles. The van der Waals surface area contributed by atoms with Gasteiger partial charge in [0.15, 0.2) is 0 Å². The first-order chi connectivity index (χ1) is 11.4. The maximum atomic E-state index is 12.3. The lowest BCUT2D eigenvalue weighted by molar-refractivity contribution is -0.116. The first-order valence-electron chi connectivity index (χ1n) is 7.67. The molecule has 2 aromatic rings. The highest BCUT2D eigenvalue weighted by atomic mass is 35.5. The van der Waals surface area contributed by atoms with Crippen molar-refractivity contribution in [3.05, 3.63) is 58.9 Å². The van der Waals surface area contributed by atoms with Crippen LogP contribution in [0.25, 0.3) is 0 Å². The highest BCUT2D eigenvalue weighted by Crippen LogP contribution is 2.21. The summed E-state index contributed by atoms with van der Waals surface area (Å²) in [6.45, 7) is 7.42. The van der Waals surface area contributed by atoms with Crippen molar-refractivity contribution >= 4 is 29.1 Å². The second-order valence-electron chi connectivity index (χ2n) is 5.48. The molecule has 1 aromatic carbocycles. The van der Waals surface area contributed by atoms with E-state index in [0.29, 0.717) is 17.1 Å². The number of aryl methyl sites for hydroxylation is 1. The van der Waals surface area contributed by atoms with Crippen molar-refractivity contribution in [1.29, 1.82) is 0 Å². The maximum Gasteiger partial charge on any atom is 0.247 e. The number of amides is 1. The topological polar surface area (TPSA) is 64.0 Å². The van der Waals surface area contributed by atoms with Gasteiger partial charge >= 0.3 is 0 Å². The van der Waals surface area contributed by atoms with Crippen molar-refractivity contribution in [1.82, 2.24) is 9.78 Å². The summed E-state index contributed by atoms with van der Waals surface area (Å²) in [5.74, 6) is -0.468. The van der Waals surface area contributed by atoms with Crippen LogP contribution < -0.4 is 5.32 Å². The summed E-state index contributed by atoms with van der Waals surface area (Å²) < 4.78 is 1.37. The Balaban J connectivity index is 1.98. The quantitative estimate of drug-likeness (QED) is 0.806. The molecule has 1 amide bonds. The minimum absolute atomic E-state index is 0.0686. The van der Waals surface area contributed by atoms with Crippen LogP contribution in [0.4, 0.5) is 5.69 Å². The first-order valence-corrected chi connectivity index (χ1v) is 8.05. The van der Waals surface area contributed by atoms with Crippen LogP contribution in [-0.4, -0.2) is 21.6 Å². The van der Waals surface area contributed by atoms with Crippen molar-refractivity contribution in [2.75, 3.05) is 5.32 Å². The van der Waals surface area contributed by atoms with Gasteiger partial charge in [0, 0.05) is 24.1 Å². The van der Waals surface area contributed by atoms with Gasteiger partial charge in [-0.15, -0.1) is 6.58 Å². The smallest absolute Gasteiger partial charge is 0.247 e. The molecule has 0 aliphatic rings. The van der Waals surface area contributed by atoms with E-state index in [4.69, 9.17) is 11.6 Å². The number of carbonyl (C=O) groups excluding carboxylic acids is 2. The third-order valence-corrected chi connectivity index (χ3v) is 4.07. The number of carbonyl (C=O) groups is 2. The second kappa shape index (κ2) is 7.93. The fourth-order valence-corrected chi connectivity index (χ4v) is 2.64. The lowest BCUT2D eigenvalue weighted by Gasteiger charge is -2.07. The lowest BCUT2D eigenvalue weighted by atomic mass is 10.1. The monoisotopic (exact) mass is 345 g/mol. The van der Waals surface area contributed by atoms with Crippen molar-refractivity contribution in [3.8, 4) is 0 Å². The third-order valence-electron chi connectivity index (χ3n) is 3.74. The number of rotatable bonds is 6. The number of allylic oxidation sites excluding steroid dienone is 1. The number of anilines is 1. The Morgan fingerprint density at radius 2 is 2.00 bits per heavy atom. The number of aromatic nitrogens is 2. The van der Waals surface area contributed by atoms with Crippen LogP contribution in [0, 0.1) is 13.8 Å². The highest BCUT2D eigenvalue weighted by molar-refractivity contribution is 6.33. The number of nitrogens with zero attached hydrogens (tertiary/aromatic N) is 2. The summed E-state index contributed by atoms with van der Waals surface area (Å²) in [6.07, 6.45) is 2.59. The van der Waals surface area contributed by atoms with E-state index in [1.807, 2.05) is 13.8 Å². The number of benzene rings is 1. The molecule has 0 aliphatic heterocycles. The highest BCUT2D eigenvalue weighted by Gasteiger charge is 2.17. The van der Waals surface area contributed by atoms with Crippen LogP contribution >= 0.6 is 11.6 Å². The number of nitrogens with one attached hydrogen (secondary N) is 1. The first kappa shape index (κ1) is 17.9. The molecule has 6 heteroatoms. The molecule has 0 radical (unpaired) electrons. The molecular weight excluding hydrogens is 326 g/mol. The van der Waals surface area contributed by atoms with E-state index in [2.05, 4.69) is 17.0 Å². The Hall–Kier alpha value is -2.40. The average Bonchev–Trinajstić information content (AvgIpc) is 2.83. The Bertz CT molecular complexity index is 781. The lowest BCUT2D eigenvalue weighted by Crippen LogP contribution is -2.18. The summed E-state index contributed by atoms with van der Waals surface area (Å²) in [5.41, 5.74) is 3.14. The molecule has 0 bridgehead atoms. The summed E-state index contributed by atoms with van der Waals surface area (Å²) in [6, 6.07) is 6.97. The van der Waals surface area contributed by atoms with E-state index in [0.717, 1.165) is 17.0 Å². The van der Waals surface area contributed by atoms with Crippen LogP contribution in [0.3, 0.4) is 0 Å². The largest absolute Gasteiger partial charge is 0.325 e. The predicted molar refractivity (Wildman–Crippen MR) is 95.5 cm³/mol. The van der Waals surface area contributed by atoms with Gasteiger partial charge in [0.05, 0.1) is 16.4 Å². The molecule has 1 heterocycles. The number of hydrogen-bond donors (Lipinski definition) is 1. The van der Waals surface area contributed by atoms with E-state index in [9.17, 15) is 9.59 Å². The van der Waals surface area contributed by atoms with Crippen LogP contribution in [0.1, 0.15) is 34.6 Å². The number of para-hydroxylation sites is 1. The van der Waals surface area contributed by atoms with Gasteiger partial charge in [-0.05, 0) is 32.4 Å². The molecule has 0 saturated heterocycles. The minimum Gasteiger partial charge on any atom is -0.325 e. The van der Waals surface area contributed by atoms with E-state index < -0.39 is 0 Å². The second-order valence-corrected chi connectivity index (χ2v) is 5.88. The van der Waals surface area contributed by atoms with Crippen LogP contribution in [0.15, 0.2) is 36.9 Å². The van der Waals surface area contributed by atoms with Crippen LogP contribution in [-0.2, 0) is 11.2 Å². The van der Waals surface area contributed by atoms with Gasteiger partial charge in [-0.1, -0.05) is 29.8 Å². The van der Waals surface area contributed by atoms with Gasteiger partial charge in [-0.25, -0.2) is 4.68 Å². The van der Waals surface area contributed by atoms with E-state index in [1.165, 1.54) is 4.68 Å². The zero-order valence-corrected chi connectivity index (χ0v) is 14.6. The third kappa shape index (κ3) is 4.11. The minimum atomic E-state index is -0.260. The summed E-state index contributed by atoms with van der Waals surface area (Å²) in [5, 5.41) is 7.44. The molecule has 5 nitrogen and oxygen atoms in total. The molecule has 0 atom stereocenters. The summed E-state index contributed by atoms with van der Waals surface area (Å²) in [4.78, 5) is 24.3. The standard InChI is InChI=1S/C18H20ClN3O2/c1-4-7-14-12(2)21-22(13(14)3)18(24)11-10-17(23)20-16-9-6-5-8-15(16)19/h4-6,8-9H,1,7,10-11H2,2-3H3,(H,20,23). The van der Waals surface area contributed by atoms with E-state index in [1.54, 1.807) is 30.3 Å². The molecule has 0 saturated carbocycles. The van der Waals surface area contributed by atoms with E-state index >= 15 is 0 Å². The van der Waals surface area contributed by atoms with Gasteiger partial charge in [0.25, 0.3) is 0 Å². The van der Waals surface area contributed by atoms with Crippen molar-refractivity contribution < 1.29 is 9.59 Å². The SMILES string of the molecule is C=CCc1c(C)nn(C(=O)CCC(=O)Nc2ccccc2Cl)c1C. The summed E-state index contributed by atoms with van der Waals surface area (Å²) in [7, 11) is 0. The van der Waals surface area contributed by atoms with Crippen molar-refractivity contribution in [2.45, 2.75) is 33.1 Å². The maximum absolute atomic E-state index is 12.3. The van der Waals surface area contributed by atoms with Gasteiger partial charge in [0.2, 0.25) is 11.8 Å². The molecule has 24 heavy (non-hydrogen) atoms. The Morgan fingerprint density at radius 1 is 1.29 bits per heavy atom. The molecule has 2 rings (SSSR count). The number of halogens is 1. The molecule has 126 valence electrons. The number of hydrogen-bond acceptors (Lipinski definition) is 3. The Kier molecular flexibility index (Phi) is 5.93. The molecule has 0 spiro atoms. The van der Waals surface area contributed by atoms with Gasteiger partial charge in [-0.3, -0.25) is 9.59 Å². The van der Waals surface area contributed by atoms with Gasteiger partial charge in [0.1, 0.15) is 0 Å². The zero-order chi connectivity index (χ0) is 17.7.